The quantitative estimate of drug-likeness (QED) is 0.746. The normalized spacial score (nSPS) is 11.1. The molecule has 0 amide bonds. The Labute approximate surface area is 96.8 Å². The molecule has 1 heterocycles. The minimum Gasteiger partial charge on any atom is -0.301 e. The van der Waals surface area contributed by atoms with Crippen LogP contribution in [0.5, 0.6) is 0 Å². The Hall–Kier alpha value is 0.430. The van der Waals surface area contributed by atoms with Crippen LogP contribution in [0.3, 0.4) is 0 Å². The summed E-state index contributed by atoms with van der Waals surface area (Å²) in [6.45, 7) is 2.09. The molecule has 1 nitrogen and oxygen atoms in total. The lowest BCUT2D eigenvalue weighted by Crippen LogP contribution is -2.18. The molecule has 0 spiro atoms. The molecular formula is C9H13BrClNS. The van der Waals surface area contributed by atoms with Crippen molar-refractivity contribution >= 4 is 38.9 Å². The molecule has 1 rings (SSSR count). The fourth-order valence-corrected chi connectivity index (χ4v) is 2.79. The first kappa shape index (κ1) is 11.5. The average molecular weight is 283 g/mol. The minimum absolute atomic E-state index is 0.748. The molecule has 74 valence electrons. The van der Waals surface area contributed by atoms with E-state index in [2.05, 4.69) is 40.0 Å². The number of halogens is 2. The number of hydrogen-bond donors (Lipinski definition) is 0. The van der Waals surface area contributed by atoms with E-state index in [4.69, 9.17) is 11.6 Å². The second-order valence-corrected chi connectivity index (χ2v) is 5.91. The van der Waals surface area contributed by atoms with Gasteiger partial charge in [-0.3, -0.25) is 0 Å². The maximum atomic E-state index is 5.62. The van der Waals surface area contributed by atoms with Gasteiger partial charge < -0.3 is 4.90 Å². The molecule has 0 aromatic carbocycles. The summed E-state index contributed by atoms with van der Waals surface area (Å²) >= 11 is 10.9. The number of alkyl halides is 1. The fourth-order valence-electron chi connectivity index (χ4n) is 1.11. The lowest BCUT2D eigenvalue weighted by molar-refractivity contribution is 0.331. The van der Waals surface area contributed by atoms with E-state index in [1.165, 1.54) is 8.66 Å². The molecule has 1 aromatic rings. The molecular weight excluding hydrogens is 270 g/mol. The number of nitrogens with zero attached hydrogens (tertiary/aromatic N) is 1. The Balaban J connectivity index is 2.31. The zero-order valence-electron chi connectivity index (χ0n) is 7.59. The Bertz CT molecular complexity index is 252. The zero-order valence-corrected chi connectivity index (χ0v) is 10.8. The molecule has 0 aliphatic heterocycles. The lowest BCUT2D eigenvalue weighted by atomic mass is 10.4. The monoisotopic (exact) mass is 281 g/mol. The third-order valence-electron chi connectivity index (χ3n) is 1.73. The van der Waals surface area contributed by atoms with Gasteiger partial charge in [-0.15, -0.1) is 22.9 Å². The van der Waals surface area contributed by atoms with E-state index in [9.17, 15) is 0 Å². The van der Waals surface area contributed by atoms with Crippen LogP contribution in [0, 0.1) is 0 Å². The molecule has 0 saturated carbocycles. The van der Waals surface area contributed by atoms with Crippen molar-refractivity contribution in [2.75, 3.05) is 19.5 Å². The van der Waals surface area contributed by atoms with E-state index in [-0.39, 0.29) is 0 Å². The van der Waals surface area contributed by atoms with Crippen LogP contribution < -0.4 is 0 Å². The zero-order chi connectivity index (χ0) is 9.68. The Morgan fingerprint density at radius 2 is 2.31 bits per heavy atom. The van der Waals surface area contributed by atoms with Crippen LogP contribution in [-0.2, 0) is 6.54 Å². The molecule has 0 bridgehead atoms. The van der Waals surface area contributed by atoms with Crippen LogP contribution in [-0.4, -0.2) is 24.4 Å². The summed E-state index contributed by atoms with van der Waals surface area (Å²) in [5.74, 6) is 0.748. The second-order valence-electron chi connectivity index (χ2n) is 2.99. The van der Waals surface area contributed by atoms with Crippen LogP contribution >= 0.6 is 38.9 Å². The van der Waals surface area contributed by atoms with Crippen molar-refractivity contribution in [2.24, 2.45) is 0 Å². The van der Waals surface area contributed by atoms with E-state index >= 15 is 0 Å². The third-order valence-corrected chi connectivity index (χ3v) is 3.60. The van der Waals surface area contributed by atoms with Gasteiger partial charge in [0.25, 0.3) is 0 Å². The maximum absolute atomic E-state index is 5.62. The second kappa shape index (κ2) is 6.02. The van der Waals surface area contributed by atoms with Crippen molar-refractivity contribution in [3.8, 4) is 0 Å². The van der Waals surface area contributed by atoms with Gasteiger partial charge in [0.05, 0.1) is 3.79 Å². The highest BCUT2D eigenvalue weighted by Gasteiger charge is 2.01. The summed E-state index contributed by atoms with van der Waals surface area (Å²) in [6.07, 6.45) is 1.06. The first-order valence-electron chi connectivity index (χ1n) is 4.21. The molecule has 0 radical (unpaired) electrons. The highest BCUT2D eigenvalue weighted by Crippen LogP contribution is 2.22. The first-order valence-corrected chi connectivity index (χ1v) is 6.35. The topological polar surface area (TPSA) is 3.24 Å². The standard InChI is InChI=1S/C9H13BrClNS/c1-12(6-2-5-11)7-8-3-4-9(10)13-8/h3-4H,2,5-7H2,1H3. The summed E-state index contributed by atoms with van der Waals surface area (Å²) in [5, 5.41) is 0. The number of rotatable bonds is 5. The van der Waals surface area contributed by atoms with E-state index in [1.54, 1.807) is 11.3 Å². The predicted octanol–water partition coefficient (Wildman–Crippen LogP) is 3.57. The fraction of sp³-hybridized carbons (Fsp3) is 0.556. The number of hydrogen-bond acceptors (Lipinski definition) is 2. The van der Waals surface area contributed by atoms with Crippen molar-refractivity contribution in [2.45, 2.75) is 13.0 Å². The van der Waals surface area contributed by atoms with Crippen LogP contribution in [0.4, 0.5) is 0 Å². The minimum atomic E-state index is 0.748. The van der Waals surface area contributed by atoms with Gasteiger partial charge in [0.1, 0.15) is 0 Å². The average Bonchev–Trinajstić information content (AvgIpc) is 2.48. The maximum Gasteiger partial charge on any atom is 0.0701 e. The molecule has 0 aliphatic rings. The van der Waals surface area contributed by atoms with E-state index in [1.807, 2.05) is 0 Å². The van der Waals surface area contributed by atoms with E-state index in [0.29, 0.717) is 0 Å². The van der Waals surface area contributed by atoms with Crippen molar-refractivity contribution in [3.05, 3.63) is 20.8 Å². The van der Waals surface area contributed by atoms with Crippen molar-refractivity contribution < 1.29 is 0 Å². The predicted molar refractivity (Wildman–Crippen MR) is 63.7 cm³/mol. The van der Waals surface area contributed by atoms with E-state index < -0.39 is 0 Å². The highest BCUT2D eigenvalue weighted by atomic mass is 79.9. The Morgan fingerprint density at radius 3 is 2.85 bits per heavy atom. The lowest BCUT2D eigenvalue weighted by Gasteiger charge is -2.13. The smallest absolute Gasteiger partial charge is 0.0701 e. The molecule has 1 aromatic heterocycles. The summed E-state index contributed by atoms with van der Waals surface area (Å²) in [5.41, 5.74) is 0. The van der Waals surface area contributed by atoms with Gasteiger partial charge in [0, 0.05) is 17.3 Å². The summed E-state index contributed by atoms with van der Waals surface area (Å²) in [7, 11) is 2.13. The van der Waals surface area contributed by atoms with Gasteiger partial charge in [0.15, 0.2) is 0 Å². The van der Waals surface area contributed by atoms with Gasteiger partial charge in [-0.25, -0.2) is 0 Å². The highest BCUT2D eigenvalue weighted by molar-refractivity contribution is 9.11. The summed E-state index contributed by atoms with van der Waals surface area (Å²) in [4.78, 5) is 3.68. The molecule has 4 heteroatoms. The van der Waals surface area contributed by atoms with Crippen LogP contribution in [0.2, 0.25) is 0 Å². The van der Waals surface area contributed by atoms with Crippen molar-refractivity contribution in [1.82, 2.24) is 4.90 Å². The summed E-state index contributed by atoms with van der Waals surface area (Å²) < 4.78 is 1.20. The molecule has 0 aliphatic carbocycles. The van der Waals surface area contributed by atoms with Crippen LogP contribution in [0.25, 0.3) is 0 Å². The Kier molecular flexibility index (Phi) is 5.32. The van der Waals surface area contributed by atoms with Crippen LogP contribution in [0.1, 0.15) is 11.3 Å². The first-order chi connectivity index (χ1) is 6.22. The Morgan fingerprint density at radius 1 is 1.54 bits per heavy atom. The SMILES string of the molecule is CN(CCCCl)Cc1ccc(Br)s1. The molecule has 0 saturated heterocycles. The van der Waals surface area contributed by atoms with Gasteiger partial charge >= 0.3 is 0 Å². The molecule has 0 unspecified atom stereocenters. The van der Waals surface area contributed by atoms with Crippen molar-refractivity contribution in [3.63, 3.8) is 0 Å². The molecule has 13 heavy (non-hydrogen) atoms. The summed E-state index contributed by atoms with van der Waals surface area (Å²) in [6, 6.07) is 4.25. The molecule has 0 fully saturated rings. The molecule has 0 N–H and O–H groups in total. The van der Waals surface area contributed by atoms with E-state index in [0.717, 1.165) is 25.4 Å². The van der Waals surface area contributed by atoms with Gasteiger partial charge in [-0.2, -0.15) is 0 Å². The van der Waals surface area contributed by atoms with Gasteiger partial charge in [0.2, 0.25) is 0 Å². The van der Waals surface area contributed by atoms with Crippen molar-refractivity contribution in [1.29, 1.82) is 0 Å². The number of thiophene rings is 1. The molecule has 0 atom stereocenters. The largest absolute Gasteiger partial charge is 0.301 e. The van der Waals surface area contributed by atoms with Gasteiger partial charge in [-0.1, -0.05) is 0 Å². The third kappa shape index (κ3) is 4.45. The van der Waals surface area contributed by atoms with Crippen LogP contribution in [0.15, 0.2) is 15.9 Å². The van der Waals surface area contributed by atoms with Gasteiger partial charge in [-0.05, 0) is 48.1 Å².